The van der Waals surface area contributed by atoms with Gasteiger partial charge in [0.2, 0.25) is 0 Å². The first-order valence-corrected chi connectivity index (χ1v) is 8.96. The number of carboxylic acids is 1. The van der Waals surface area contributed by atoms with Crippen molar-refractivity contribution in [1.82, 2.24) is 25.2 Å². The molecule has 146 valence electrons. The summed E-state index contributed by atoms with van der Waals surface area (Å²) < 4.78 is 34.7. The van der Waals surface area contributed by atoms with Crippen LogP contribution in [0.1, 0.15) is 15.4 Å². The Morgan fingerprint density at radius 1 is 1.21 bits per heavy atom. The lowest BCUT2D eigenvalue weighted by Gasteiger charge is -2.12. The van der Waals surface area contributed by atoms with Gasteiger partial charge in [-0.05, 0) is 47.7 Å². The van der Waals surface area contributed by atoms with Crippen LogP contribution < -0.4 is 4.74 Å². The normalized spacial score (nSPS) is 10.9. The minimum atomic E-state index is -1.07. The molecule has 0 radical (unpaired) electrons. The number of nitrogens with zero attached hydrogens (tertiary/aromatic N) is 5. The molecule has 29 heavy (non-hydrogen) atoms. The van der Waals surface area contributed by atoms with Crippen molar-refractivity contribution in [1.29, 1.82) is 0 Å². The van der Waals surface area contributed by atoms with Crippen molar-refractivity contribution in [2.45, 2.75) is 6.92 Å². The molecule has 2 aromatic carbocycles. The number of aryl methyl sites for hydroxylation is 1. The van der Waals surface area contributed by atoms with E-state index in [0.29, 0.717) is 22.0 Å². The lowest BCUT2D eigenvalue weighted by molar-refractivity contribution is 0.0701. The number of para-hydroxylation sites is 1. The van der Waals surface area contributed by atoms with Gasteiger partial charge in [0.1, 0.15) is 21.9 Å². The predicted octanol–water partition coefficient (Wildman–Crippen LogP) is 3.86. The van der Waals surface area contributed by atoms with E-state index in [1.807, 2.05) is 0 Å². The van der Waals surface area contributed by atoms with Crippen molar-refractivity contribution in [2.75, 3.05) is 0 Å². The van der Waals surface area contributed by atoms with Crippen molar-refractivity contribution in [3.05, 3.63) is 64.9 Å². The first-order chi connectivity index (χ1) is 13.9. The van der Waals surface area contributed by atoms with E-state index < -0.39 is 23.4 Å². The number of benzene rings is 2. The number of carbonyl (C=O) groups is 1. The van der Waals surface area contributed by atoms with E-state index >= 15 is 0 Å². The number of tetrazole rings is 1. The molecule has 0 bridgehead atoms. The number of hydrogen-bond donors (Lipinski definition) is 1. The Kier molecular flexibility index (Phi) is 4.72. The Morgan fingerprint density at radius 2 is 1.97 bits per heavy atom. The molecule has 0 saturated carbocycles. The molecular formula is C18H11F2N5O3S. The van der Waals surface area contributed by atoms with Gasteiger partial charge in [0.25, 0.3) is 0 Å². The fraction of sp³-hybridized carbons (Fsp3) is 0.0556. The molecule has 0 fully saturated rings. The fourth-order valence-corrected chi connectivity index (χ4v) is 3.50. The van der Waals surface area contributed by atoms with Crippen LogP contribution in [0.5, 0.6) is 11.5 Å². The number of aromatic carboxylic acids is 1. The second-order valence-electron chi connectivity index (χ2n) is 5.83. The van der Waals surface area contributed by atoms with Crippen molar-refractivity contribution in [3.8, 4) is 27.8 Å². The molecule has 0 aliphatic rings. The van der Waals surface area contributed by atoms with Gasteiger partial charge in [-0.25, -0.2) is 18.6 Å². The van der Waals surface area contributed by atoms with Gasteiger partial charge in [-0.1, -0.05) is 6.07 Å². The lowest BCUT2D eigenvalue weighted by atomic mass is 10.2. The van der Waals surface area contributed by atoms with Crippen molar-refractivity contribution in [2.24, 2.45) is 0 Å². The second-order valence-corrected chi connectivity index (χ2v) is 6.83. The minimum Gasteiger partial charge on any atom is -0.477 e. The van der Waals surface area contributed by atoms with Gasteiger partial charge in [-0.15, -0.1) is 16.4 Å². The highest BCUT2D eigenvalue weighted by molar-refractivity contribution is 7.17. The molecule has 0 saturated heterocycles. The monoisotopic (exact) mass is 415 g/mol. The third-order valence-corrected chi connectivity index (χ3v) is 5.12. The third-order valence-electron chi connectivity index (χ3n) is 3.92. The smallest absolute Gasteiger partial charge is 0.347 e. The van der Waals surface area contributed by atoms with Crippen LogP contribution in [0.4, 0.5) is 8.78 Å². The van der Waals surface area contributed by atoms with Crippen molar-refractivity contribution in [3.63, 3.8) is 0 Å². The lowest BCUT2D eigenvalue weighted by Crippen LogP contribution is -2.01. The number of aromatic nitrogens is 5. The van der Waals surface area contributed by atoms with E-state index in [-0.39, 0.29) is 10.6 Å². The molecule has 0 spiro atoms. The second kappa shape index (κ2) is 7.36. The van der Waals surface area contributed by atoms with Gasteiger partial charge in [-0.3, -0.25) is 0 Å². The minimum absolute atomic E-state index is 0.0942. The zero-order chi connectivity index (χ0) is 20.5. The van der Waals surface area contributed by atoms with E-state index in [1.54, 1.807) is 19.1 Å². The molecule has 0 aliphatic carbocycles. The highest BCUT2D eigenvalue weighted by Crippen LogP contribution is 2.36. The molecule has 0 amide bonds. The van der Waals surface area contributed by atoms with E-state index in [0.717, 1.165) is 23.5 Å². The Labute approximate surface area is 166 Å². The Balaban J connectivity index is 1.81. The maximum atomic E-state index is 14.0. The van der Waals surface area contributed by atoms with Crippen molar-refractivity contribution >= 4 is 17.3 Å². The quantitative estimate of drug-likeness (QED) is 0.528. The van der Waals surface area contributed by atoms with Gasteiger partial charge >= 0.3 is 5.97 Å². The molecule has 0 aliphatic heterocycles. The third kappa shape index (κ3) is 3.55. The first kappa shape index (κ1) is 18.6. The van der Waals surface area contributed by atoms with Gasteiger partial charge in [0.15, 0.2) is 23.1 Å². The standard InChI is InChI=1S/C18H11F2N5O3S/c1-9-16(18(26)27)29-17(22-9)10-5-6-14(13(7-10)25-8-21-23-24-25)28-15-11(19)3-2-4-12(15)20/h2-8H,1H3,(H,26,27). The maximum Gasteiger partial charge on any atom is 0.347 e. The van der Waals surface area contributed by atoms with Crippen LogP contribution in [0.2, 0.25) is 0 Å². The van der Waals surface area contributed by atoms with Gasteiger partial charge in [-0.2, -0.15) is 4.68 Å². The maximum absolute atomic E-state index is 14.0. The summed E-state index contributed by atoms with van der Waals surface area (Å²) >= 11 is 1.01. The van der Waals surface area contributed by atoms with E-state index in [2.05, 4.69) is 20.5 Å². The number of halogens is 2. The first-order valence-electron chi connectivity index (χ1n) is 8.14. The van der Waals surface area contributed by atoms with Gasteiger partial charge in [0, 0.05) is 5.56 Å². The van der Waals surface area contributed by atoms with Crippen LogP contribution in [0.3, 0.4) is 0 Å². The fourth-order valence-electron chi connectivity index (χ4n) is 2.60. The van der Waals surface area contributed by atoms with Crippen LogP contribution in [-0.4, -0.2) is 36.3 Å². The molecule has 8 nitrogen and oxygen atoms in total. The summed E-state index contributed by atoms with van der Waals surface area (Å²) in [6, 6.07) is 8.06. The number of rotatable bonds is 5. The average Bonchev–Trinajstić information content (AvgIpc) is 3.35. The predicted molar refractivity (Wildman–Crippen MR) is 98.4 cm³/mol. The summed E-state index contributed by atoms with van der Waals surface area (Å²) in [6.07, 6.45) is 1.29. The molecular weight excluding hydrogens is 404 g/mol. The van der Waals surface area contributed by atoms with Crippen molar-refractivity contribution < 1.29 is 23.4 Å². The molecule has 2 aromatic heterocycles. The Bertz CT molecular complexity index is 1190. The zero-order valence-corrected chi connectivity index (χ0v) is 15.5. The Morgan fingerprint density at radius 3 is 2.59 bits per heavy atom. The summed E-state index contributed by atoms with van der Waals surface area (Å²) in [5.74, 6) is -3.26. The summed E-state index contributed by atoms with van der Waals surface area (Å²) in [6.45, 7) is 1.60. The summed E-state index contributed by atoms with van der Waals surface area (Å²) in [4.78, 5) is 15.7. The molecule has 0 unspecified atom stereocenters. The number of ether oxygens (including phenoxy) is 1. The summed E-state index contributed by atoms with van der Waals surface area (Å²) in [5.41, 5.74) is 1.24. The highest BCUT2D eigenvalue weighted by Gasteiger charge is 2.19. The molecule has 1 N–H and O–H groups in total. The molecule has 0 atom stereocenters. The molecule has 4 aromatic rings. The van der Waals surface area contributed by atoms with Gasteiger partial charge < -0.3 is 9.84 Å². The van der Waals surface area contributed by atoms with E-state index in [4.69, 9.17) is 4.74 Å². The van der Waals surface area contributed by atoms with Crippen LogP contribution >= 0.6 is 11.3 Å². The SMILES string of the molecule is Cc1nc(-c2ccc(Oc3c(F)cccc3F)c(-n3cnnn3)c2)sc1C(=O)O. The van der Waals surface area contributed by atoms with Gasteiger partial charge in [0.05, 0.1) is 5.69 Å². The molecule has 2 heterocycles. The number of carboxylic acid groups (broad SMARTS) is 1. The Hall–Kier alpha value is -3.73. The highest BCUT2D eigenvalue weighted by atomic mass is 32.1. The van der Waals surface area contributed by atoms with Crippen LogP contribution in [0, 0.1) is 18.6 Å². The van der Waals surface area contributed by atoms with Crippen LogP contribution in [0.25, 0.3) is 16.3 Å². The van der Waals surface area contributed by atoms with E-state index in [9.17, 15) is 18.7 Å². The topological polar surface area (TPSA) is 103 Å². The number of hydrogen-bond acceptors (Lipinski definition) is 7. The molecule has 11 heteroatoms. The van der Waals surface area contributed by atoms with Crippen LogP contribution in [-0.2, 0) is 0 Å². The summed E-state index contributed by atoms with van der Waals surface area (Å²) in [5, 5.41) is 20.6. The zero-order valence-electron chi connectivity index (χ0n) is 14.7. The van der Waals surface area contributed by atoms with E-state index in [1.165, 1.54) is 23.1 Å². The van der Waals surface area contributed by atoms with Crippen LogP contribution in [0.15, 0.2) is 42.7 Å². The largest absolute Gasteiger partial charge is 0.477 e. The molecule has 4 rings (SSSR count). The summed E-state index contributed by atoms with van der Waals surface area (Å²) in [7, 11) is 0. The average molecular weight is 415 g/mol. The number of thiazole rings is 1.